The summed E-state index contributed by atoms with van der Waals surface area (Å²) in [5.41, 5.74) is 0.845. The van der Waals surface area contributed by atoms with Gasteiger partial charge < -0.3 is 24.8 Å². The van der Waals surface area contributed by atoms with E-state index in [0.29, 0.717) is 13.2 Å². The van der Waals surface area contributed by atoms with E-state index in [2.05, 4.69) is 17.1 Å². The number of aliphatic hydroxyl groups excluding tert-OH is 1. The molecule has 1 aliphatic heterocycles. The maximum atomic E-state index is 10.8. The monoisotopic (exact) mass is 322 g/mol. The molecule has 0 saturated carbocycles. The maximum Gasteiger partial charge on any atom is 0.128 e. The zero-order valence-corrected chi connectivity index (χ0v) is 14.5. The average molecular weight is 322 g/mol. The maximum absolute atomic E-state index is 10.8. The van der Waals surface area contributed by atoms with Crippen LogP contribution in [0.4, 0.5) is 0 Å². The van der Waals surface area contributed by atoms with E-state index in [1.807, 2.05) is 32.0 Å². The van der Waals surface area contributed by atoms with Crippen LogP contribution >= 0.6 is 0 Å². The van der Waals surface area contributed by atoms with Crippen LogP contribution in [0.25, 0.3) is 0 Å². The second-order valence-corrected chi connectivity index (χ2v) is 6.04. The van der Waals surface area contributed by atoms with Gasteiger partial charge in [0.05, 0.1) is 19.3 Å². The van der Waals surface area contributed by atoms with Gasteiger partial charge in [0.2, 0.25) is 0 Å². The Balaban J connectivity index is 2.07. The molecule has 1 saturated heterocycles. The number of hydrogen-bond donors (Lipinski definition) is 2. The third kappa shape index (κ3) is 5.09. The predicted octanol–water partition coefficient (Wildman–Crippen LogP) is 2.06. The fourth-order valence-corrected chi connectivity index (χ4v) is 3.00. The number of benzene rings is 1. The van der Waals surface area contributed by atoms with Crippen molar-refractivity contribution in [3.05, 3.63) is 23.8 Å². The van der Waals surface area contributed by atoms with Gasteiger partial charge in [-0.3, -0.25) is 0 Å². The summed E-state index contributed by atoms with van der Waals surface area (Å²) in [5, 5.41) is 14.1. The van der Waals surface area contributed by atoms with Gasteiger partial charge in [0.25, 0.3) is 0 Å². The van der Waals surface area contributed by atoms with Crippen LogP contribution in [0.3, 0.4) is 0 Å². The second-order valence-electron chi connectivity index (χ2n) is 6.04. The molecule has 0 radical (unpaired) electrons. The van der Waals surface area contributed by atoms with Crippen molar-refractivity contribution in [2.45, 2.75) is 26.9 Å². The Morgan fingerprint density at radius 2 is 1.87 bits per heavy atom. The minimum Gasteiger partial charge on any atom is -0.494 e. The van der Waals surface area contributed by atoms with Crippen molar-refractivity contribution in [2.75, 3.05) is 45.9 Å². The first-order chi connectivity index (χ1) is 11.2. The fraction of sp³-hybridized carbons (Fsp3) is 0.667. The number of nitrogens with zero attached hydrogens (tertiary/aromatic N) is 1. The number of rotatable bonds is 8. The Bertz CT molecular complexity index is 475. The molecule has 0 spiro atoms. The number of ether oxygens (including phenoxy) is 2. The summed E-state index contributed by atoms with van der Waals surface area (Å²) in [7, 11) is 0. The van der Waals surface area contributed by atoms with Crippen molar-refractivity contribution in [3.8, 4) is 11.5 Å². The van der Waals surface area contributed by atoms with Crippen molar-refractivity contribution in [1.29, 1.82) is 0 Å². The first-order valence-corrected chi connectivity index (χ1v) is 8.66. The van der Waals surface area contributed by atoms with Gasteiger partial charge in [-0.2, -0.15) is 0 Å². The van der Waals surface area contributed by atoms with Crippen molar-refractivity contribution in [1.82, 2.24) is 10.2 Å². The van der Waals surface area contributed by atoms with Crippen molar-refractivity contribution in [3.63, 3.8) is 0 Å². The Labute approximate surface area is 139 Å². The van der Waals surface area contributed by atoms with Gasteiger partial charge in [-0.05, 0) is 31.9 Å². The number of piperazine rings is 1. The first-order valence-electron chi connectivity index (χ1n) is 8.66. The van der Waals surface area contributed by atoms with Crippen LogP contribution in [-0.4, -0.2) is 55.9 Å². The van der Waals surface area contributed by atoms with E-state index in [0.717, 1.165) is 49.8 Å². The van der Waals surface area contributed by atoms with Crippen LogP contribution in [0.2, 0.25) is 0 Å². The van der Waals surface area contributed by atoms with E-state index in [1.54, 1.807) is 0 Å². The van der Waals surface area contributed by atoms with Gasteiger partial charge in [0.15, 0.2) is 0 Å². The SMILES string of the molecule is CCOc1ccc(C(O)C(C)CN2CCNCC2)c(OCC)c1. The van der Waals surface area contributed by atoms with Gasteiger partial charge in [-0.25, -0.2) is 0 Å². The first kappa shape index (κ1) is 18.0. The molecule has 5 heteroatoms. The lowest BCUT2D eigenvalue weighted by Crippen LogP contribution is -2.45. The minimum absolute atomic E-state index is 0.144. The smallest absolute Gasteiger partial charge is 0.128 e. The predicted molar refractivity (Wildman–Crippen MR) is 92.2 cm³/mol. The molecule has 2 unspecified atom stereocenters. The summed E-state index contributed by atoms with van der Waals surface area (Å²) in [6.07, 6.45) is -0.540. The lowest BCUT2D eigenvalue weighted by atomic mass is 9.95. The zero-order valence-electron chi connectivity index (χ0n) is 14.5. The van der Waals surface area contributed by atoms with E-state index in [-0.39, 0.29) is 5.92 Å². The largest absolute Gasteiger partial charge is 0.494 e. The Hall–Kier alpha value is -1.30. The molecule has 2 rings (SSSR count). The lowest BCUT2D eigenvalue weighted by molar-refractivity contribution is 0.0816. The highest BCUT2D eigenvalue weighted by Crippen LogP contribution is 2.33. The molecule has 2 N–H and O–H groups in total. The summed E-state index contributed by atoms with van der Waals surface area (Å²) in [5.74, 6) is 1.64. The van der Waals surface area contributed by atoms with Crippen LogP contribution < -0.4 is 14.8 Å². The zero-order chi connectivity index (χ0) is 16.7. The third-order valence-electron chi connectivity index (χ3n) is 4.21. The highest BCUT2D eigenvalue weighted by atomic mass is 16.5. The summed E-state index contributed by atoms with van der Waals surface area (Å²) >= 11 is 0. The molecule has 0 amide bonds. The number of aliphatic hydroxyl groups is 1. The van der Waals surface area contributed by atoms with Gasteiger partial charge in [-0.15, -0.1) is 0 Å². The van der Waals surface area contributed by atoms with Crippen molar-refractivity contribution >= 4 is 0 Å². The Kier molecular flexibility index (Phi) is 7.15. The number of hydrogen-bond acceptors (Lipinski definition) is 5. The van der Waals surface area contributed by atoms with E-state index in [9.17, 15) is 5.11 Å². The quantitative estimate of drug-likeness (QED) is 0.767. The van der Waals surface area contributed by atoms with Crippen LogP contribution in [0.15, 0.2) is 18.2 Å². The topological polar surface area (TPSA) is 54.0 Å². The highest BCUT2D eigenvalue weighted by molar-refractivity contribution is 5.42. The minimum atomic E-state index is -0.540. The average Bonchev–Trinajstić information content (AvgIpc) is 2.56. The van der Waals surface area contributed by atoms with E-state index in [1.165, 1.54) is 0 Å². The van der Waals surface area contributed by atoms with E-state index < -0.39 is 6.10 Å². The van der Waals surface area contributed by atoms with Gasteiger partial charge in [-0.1, -0.05) is 6.92 Å². The lowest BCUT2D eigenvalue weighted by Gasteiger charge is -2.31. The Morgan fingerprint density at radius 1 is 1.17 bits per heavy atom. The number of nitrogens with one attached hydrogen (secondary N) is 1. The summed E-state index contributed by atoms with van der Waals surface area (Å²) in [6, 6.07) is 5.71. The third-order valence-corrected chi connectivity index (χ3v) is 4.21. The van der Waals surface area contributed by atoms with E-state index >= 15 is 0 Å². The van der Waals surface area contributed by atoms with Gasteiger partial charge in [0, 0.05) is 44.4 Å². The molecule has 0 aromatic heterocycles. The van der Waals surface area contributed by atoms with Gasteiger partial charge in [0.1, 0.15) is 11.5 Å². The molecule has 1 aliphatic rings. The molecular formula is C18H30N2O3. The molecule has 0 bridgehead atoms. The van der Waals surface area contributed by atoms with Crippen LogP contribution in [0, 0.1) is 5.92 Å². The standard InChI is InChI=1S/C18H30N2O3/c1-4-22-15-6-7-16(17(12-15)23-5-2)18(21)14(3)13-20-10-8-19-9-11-20/h6-7,12,14,18-19,21H,4-5,8-11,13H2,1-3H3. The molecule has 1 aromatic carbocycles. The summed E-state index contributed by atoms with van der Waals surface area (Å²) < 4.78 is 11.3. The van der Waals surface area contributed by atoms with Crippen molar-refractivity contribution in [2.24, 2.45) is 5.92 Å². The molecule has 1 heterocycles. The fourth-order valence-electron chi connectivity index (χ4n) is 3.00. The molecule has 130 valence electrons. The summed E-state index contributed by atoms with van der Waals surface area (Å²) in [6.45, 7) is 12.2. The Morgan fingerprint density at radius 3 is 2.52 bits per heavy atom. The molecular weight excluding hydrogens is 292 g/mol. The highest BCUT2D eigenvalue weighted by Gasteiger charge is 2.23. The van der Waals surface area contributed by atoms with Crippen LogP contribution in [0.5, 0.6) is 11.5 Å². The molecule has 5 nitrogen and oxygen atoms in total. The van der Waals surface area contributed by atoms with Crippen LogP contribution in [0.1, 0.15) is 32.4 Å². The second kappa shape index (κ2) is 9.11. The molecule has 23 heavy (non-hydrogen) atoms. The summed E-state index contributed by atoms with van der Waals surface area (Å²) in [4.78, 5) is 2.40. The van der Waals surface area contributed by atoms with E-state index in [4.69, 9.17) is 9.47 Å². The molecule has 1 fully saturated rings. The molecule has 0 aliphatic carbocycles. The molecule has 2 atom stereocenters. The van der Waals surface area contributed by atoms with Crippen molar-refractivity contribution < 1.29 is 14.6 Å². The normalized spacial score (nSPS) is 18.4. The van der Waals surface area contributed by atoms with Gasteiger partial charge >= 0.3 is 0 Å². The molecule has 1 aromatic rings. The van der Waals surface area contributed by atoms with Crippen LogP contribution in [-0.2, 0) is 0 Å².